The molecule has 126 valence electrons. The van der Waals surface area contributed by atoms with E-state index < -0.39 is 0 Å². The minimum absolute atomic E-state index is 0.678. The summed E-state index contributed by atoms with van der Waals surface area (Å²) in [7, 11) is 0. The van der Waals surface area contributed by atoms with Crippen LogP contribution in [0.25, 0.3) is 0 Å². The third-order valence-corrected chi connectivity index (χ3v) is 7.33. The van der Waals surface area contributed by atoms with Crippen molar-refractivity contribution in [2.45, 2.75) is 63.3 Å². The fourth-order valence-electron chi connectivity index (χ4n) is 5.41. The van der Waals surface area contributed by atoms with Gasteiger partial charge in [0.05, 0.1) is 10.0 Å². The monoisotopic (exact) mass is 351 g/mol. The van der Waals surface area contributed by atoms with Gasteiger partial charge in [-0.25, -0.2) is 0 Å². The molecule has 23 heavy (non-hydrogen) atoms. The van der Waals surface area contributed by atoms with Gasteiger partial charge in [-0.05, 0) is 61.1 Å². The maximum Gasteiger partial charge on any atom is 0.0595 e. The first kappa shape index (κ1) is 16.2. The van der Waals surface area contributed by atoms with Gasteiger partial charge in [0.15, 0.2) is 0 Å². The zero-order valence-electron chi connectivity index (χ0n) is 13.8. The Bertz CT molecular complexity index is 553. The van der Waals surface area contributed by atoms with Crippen LogP contribution in [-0.4, -0.2) is 24.0 Å². The average Bonchev–Trinajstić information content (AvgIpc) is 3.02. The van der Waals surface area contributed by atoms with E-state index in [1.165, 1.54) is 70.0 Å². The van der Waals surface area contributed by atoms with Crippen LogP contribution in [0.2, 0.25) is 10.0 Å². The molecular weight excluding hydrogens is 325 g/mol. The van der Waals surface area contributed by atoms with Gasteiger partial charge in [-0.2, -0.15) is 0 Å². The SMILES string of the molecule is Clc1ccc([C@H]2CCC[C@H]3CN(C4CCCCC4)C[C@H]32)cc1Cl. The number of halogens is 2. The highest BCUT2D eigenvalue weighted by atomic mass is 35.5. The van der Waals surface area contributed by atoms with Crippen molar-refractivity contribution in [3.05, 3.63) is 33.8 Å². The van der Waals surface area contributed by atoms with Crippen molar-refractivity contribution in [2.24, 2.45) is 11.8 Å². The molecule has 0 bridgehead atoms. The molecule has 0 unspecified atom stereocenters. The molecule has 1 aromatic rings. The van der Waals surface area contributed by atoms with Crippen LogP contribution in [0.3, 0.4) is 0 Å². The van der Waals surface area contributed by atoms with E-state index in [9.17, 15) is 0 Å². The summed E-state index contributed by atoms with van der Waals surface area (Å²) in [6, 6.07) is 7.19. The Balaban J connectivity index is 1.52. The lowest BCUT2D eigenvalue weighted by atomic mass is 9.71. The summed E-state index contributed by atoms with van der Waals surface area (Å²) in [5.41, 5.74) is 1.42. The largest absolute Gasteiger partial charge is 0.300 e. The van der Waals surface area contributed by atoms with Gasteiger partial charge in [-0.1, -0.05) is 55.0 Å². The van der Waals surface area contributed by atoms with E-state index in [-0.39, 0.29) is 0 Å². The molecule has 3 atom stereocenters. The van der Waals surface area contributed by atoms with E-state index in [0.717, 1.165) is 17.9 Å². The van der Waals surface area contributed by atoms with E-state index in [2.05, 4.69) is 17.0 Å². The fraction of sp³-hybridized carbons (Fsp3) is 0.700. The minimum atomic E-state index is 0.678. The third-order valence-electron chi connectivity index (χ3n) is 6.59. The summed E-state index contributed by atoms with van der Waals surface area (Å²) in [4.78, 5) is 2.84. The van der Waals surface area contributed by atoms with Crippen LogP contribution in [-0.2, 0) is 0 Å². The van der Waals surface area contributed by atoms with Gasteiger partial charge >= 0.3 is 0 Å². The predicted molar refractivity (Wildman–Crippen MR) is 98.5 cm³/mol. The first-order valence-electron chi connectivity index (χ1n) is 9.41. The van der Waals surface area contributed by atoms with E-state index >= 15 is 0 Å². The van der Waals surface area contributed by atoms with Gasteiger partial charge in [-0.15, -0.1) is 0 Å². The van der Waals surface area contributed by atoms with Gasteiger partial charge in [0.1, 0.15) is 0 Å². The Morgan fingerprint density at radius 3 is 2.43 bits per heavy atom. The van der Waals surface area contributed by atoms with Crippen molar-refractivity contribution in [3.8, 4) is 0 Å². The van der Waals surface area contributed by atoms with Crippen LogP contribution in [0.4, 0.5) is 0 Å². The summed E-state index contributed by atoms with van der Waals surface area (Å²) in [6.07, 6.45) is 11.3. The van der Waals surface area contributed by atoms with E-state index in [1.807, 2.05) is 6.07 Å². The Morgan fingerprint density at radius 2 is 1.65 bits per heavy atom. The normalized spacial score (nSPS) is 32.9. The zero-order valence-corrected chi connectivity index (χ0v) is 15.3. The number of likely N-dealkylation sites (tertiary alicyclic amines) is 1. The second-order valence-electron chi connectivity index (χ2n) is 7.88. The molecule has 2 saturated carbocycles. The van der Waals surface area contributed by atoms with Crippen LogP contribution in [0.15, 0.2) is 18.2 Å². The molecule has 1 nitrogen and oxygen atoms in total. The van der Waals surface area contributed by atoms with Gasteiger partial charge in [0.25, 0.3) is 0 Å². The summed E-state index contributed by atoms with van der Waals surface area (Å²) in [6.45, 7) is 2.65. The molecule has 3 fully saturated rings. The predicted octanol–water partition coefficient (Wildman–Crippen LogP) is 6.14. The standard InChI is InChI=1S/C20H27Cl2N/c21-19-10-9-14(11-20(19)22)17-8-4-5-15-12-23(13-18(15)17)16-6-2-1-3-7-16/h9-11,15-18H,1-8,12-13H2/t15-,17+,18+/m0/s1. The topological polar surface area (TPSA) is 3.24 Å². The highest BCUT2D eigenvalue weighted by Gasteiger charge is 2.42. The number of rotatable bonds is 2. The van der Waals surface area contributed by atoms with Gasteiger partial charge in [0.2, 0.25) is 0 Å². The van der Waals surface area contributed by atoms with Gasteiger partial charge in [-0.3, -0.25) is 4.90 Å². The van der Waals surface area contributed by atoms with Crippen LogP contribution in [0, 0.1) is 11.8 Å². The number of benzene rings is 1. The Hall–Kier alpha value is -0.240. The van der Waals surface area contributed by atoms with Crippen molar-refractivity contribution < 1.29 is 0 Å². The molecule has 3 aliphatic rings. The molecule has 1 aliphatic heterocycles. The molecule has 3 heteroatoms. The second kappa shape index (κ2) is 6.94. The van der Waals surface area contributed by atoms with Crippen LogP contribution >= 0.6 is 23.2 Å². The highest BCUT2D eigenvalue weighted by molar-refractivity contribution is 6.42. The molecule has 2 aliphatic carbocycles. The van der Waals surface area contributed by atoms with Crippen LogP contribution < -0.4 is 0 Å². The summed E-state index contributed by atoms with van der Waals surface area (Å²) in [5, 5.41) is 1.39. The number of hydrogen-bond donors (Lipinski definition) is 0. The first-order chi connectivity index (χ1) is 11.2. The molecule has 0 amide bonds. The molecule has 0 spiro atoms. The Kier molecular flexibility index (Phi) is 4.90. The molecular formula is C20H27Cl2N. The minimum Gasteiger partial charge on any atom is -0.300 e. The maximum atomic E-state index is 6.28. The van der Waals surface area contributed by atoms with Crippen molar-refractivity contribution in [3.63, 3.8) is 0 Å². The van der Waals surface area contributed by atoms with E-state index in [1.54, 1.807) is 0 Å². The Labute approximate surface area is 150 Å². The van der Waals surface area contributed by atoms with Gasteiger partial charge < -0.3 is 0 Å². The van der Waals surface area contributed by atoms with E-state index in [4.69, 9.17) is 23.2 Å². The summed E-state index contributed by atoms with van der Waals surface area (Å²) >= 11 is 12.4. The molecule has 1 aromatic carbocycles. The van der Waals surface area contributed by atoms with Crippen LogP contribution in [0.1, 0.15) is 62.8 Å². The van der Waals surface area contributed by atoms with Crippen LogP contribution in [0.5, 0.6) is 0 Å². The summed E-state index contributed by atoms with van der Waals surface area (Å²) < 4.78 is 0. The fourth-order valence-corrected chi connectivity index (χ4v) is 5.71. The maximum absolute atomic E-state index is 6.28. The molecule has 0 aromatic heterocycles. The van der Waals surface area contributed by atoms with Crippen molar-refractivity contribution >= 4 is 23.2 Å². The molecule has 0 N–H and O–H groups in total. The molecule has 0 radical (unpaired) electrons. The zero-order chi connectivity index (χ0) is 15.8. The number of nitrogens with zero attached hydrogens (tertiary/aromatic N) is 1. The average molecular weight is 352 g/mol. The van der Waals surface area contributed by atoms with E-state index in [0.29, 0.717) is 16.0 Å². The van der Waals surface area contributed by atoms with Crippen molar-refractivity contribution in [1.82, 2.24) is 4.90 Å². The van der Waals surface area contributed by atoms with Crippen molar-refractivity contribution in [2.75, 3.05) is 13.1 Å². The smallest absolute Gasteiger partial charge is 0.0595 e. The van der Waals surface area contributed by atoms with Crippen molar-refractivity contribution in [1.29, 1.82) is 0 Å². The lowest BCUT2D eigenvalue weighted by molar-refractivity contribution is 0.181. The quantitative estimate of drug-likeness (QED) is 0.618. The lowest BCUT2D eigenvalue weighted by Gasteiger charge is -2.34. The second-order valence-corrected chi connectivity index (χ2v) is 8.70. The lowest BCUT2D eigenvalue weighted by Crippen LogP contribution is -2.35. The Morgan fingerprint density at radius 1 is 0.826 bits per heavy atom. The highest BCUT2D eigenvalue weighted by Crippen LogP contribution is 2.47. The summed E-state index contributed by atoms with van der Waals surface area (Å²) in [5.74, 6) is 2.39. The van der Waals surface area contributed by atoms with Gasteiger partial charge in [0, 0.05) is 19.1 Å². The third kappa shape index (κ3) is 3.30. The molecule has 1 heterocycles. The first-order valence-corrected chi connectivity index (χ1v) is 10.2. The number of hydrogen-bond acceptors (Lipinski definition) is 1. The molecule has 1 saturated heterocycles. The number of fused-ring (bicyclic) bond motifs is 1. The molecule has 4 rings (SSSR count).